The van der Waals surface area contributed by atoms with E-state index >= 15 is 0 Å². The van der Waals surface area contributed by atoms with E-state index in [2.05, 4.69) is 32.7 Å². The molecule has 0 bridgehead atoms. The average molecular weight is 202 g/mol. The van der Waals surface area contributed by atoms with E-state index in [1.807, 2.05) is 6.92 Å². The molecular formula is C11H26N2O. The summed E-state index contributed by atoms with van der Waals surface area (Å²) in [6.07, 6.45) is 0. The third kappa shape index (κ3) is 4.40. The van der Waals surface area contributed by atoms with Gasteiger partial charge in [0.1, 0.15) is 0 Å². The molecule has 2 N–H and O–H groups in total. The first-order chi connectivity index (χ1) is 6.46. The summed E-state index contributed by atoms with van der Waals surface area (Å²) in [5.41, 5.74) is 5.78. The van der Waals surface area contributed by atoms with Gasteiger partial charge in [0, 0.05) is 19.7 Å². The zero-order valence-electron chi connectivity index (χ0n) is 10.3. The maximum absolute atomic E-state index is 5.80. The first-order valence-corrected chi connectivity index (χ1v) is 5.45. The van der Waals surface area contributed by atoms with Gasteiger partial charge in [-0.2, -0.15) is 0 Å². The summed E-state index contributed by atoms with van der Waals surface area (Å²) >= 11 is 0. The molecule has 0 heterocycles. The Morgan fingerprint density at radius 1 is 1.43 bits per heavy atom. The van der Waals surface area contributed by atoms with Crippen molar-refractivity contribution in [1.29, 1.82) is 0 Å². The Morgan fingerprint density at radius 2 is 2.00 bits per heavy atom. The number of hydrogen-bond donors (Lipinski definition) is 1. The highest BCUT2D eigenvalue weighted by atomic mass is 16.5. The standard InChI is InChI=1S/C11H26N2O/c1-6-14-9-11(4,8-12)13(5)7-10(2)3/h10H,6-9,12H2,1-5H3. The number of nitrogens with zero attached hydrogens (tertiary/aromatic N) is 1. The van der Waals surface area contributed by atoms with Crippen molar-refractivity contribution in [1.82, 2.24) is 4.90 Å². The van der Waals surface area contributed by atoms with Gasteiger partial charge in [0.15, 0.2) is 0 Å². The zero-order valence-corrected chi connectivity index (χ0v) is 10.3. The van der Waals surface area contributed by atoms with Gasteiger partial charge in [-0.3, -0.25) is 4.90 Å². The smallest absolute Gasteiger partial charge is 0.0659 e. The minimum atomic E-state index is -0.0275. The summed E-state index contributed by atoms with van der Waals surface area (Å²) in [7, 11) is 2.12. The molecule has 0 aromatic carbocycles. The van der Waals surface area contributed by atoms with Crippen molar-refractivity contribution in [3.05, 3.63) is 0 Å². The predicted octanol–water partition coefficient (Wildman–Crippen LogP) is 1.33. The van der Waals surface area contributed by atoms with E-state index in [9.17, 15) is 0 Å². The van der Waals surface area contributed by atoms with E-state index in [-0.39, 0.29) is 5.54 Å². The number of hydrogen-bond acceptors (Lipinski definition) is 3. The lowest BCUT2D eigenvalue weighted by molar-refractivity contribution is 0.0190. The Balaban J connectivity index is 4.19. The van der Waals surface area contributed by atoms with Crippen LogP contribution in [0.1, 0.15) is 27.7 Å². The molecule has 0 aliphatic heterocycles. The van der Waals surface area contributed by atoms with Crippen LogP contribution in [0.25, 0.3) is 0 Å². The molecular weight excluding hydrogens is 176 g/mol. The lowest BCUT2D eigenvalue weighted by atomic mass is 10.0. The highest BCUT2D eigenvalue weighted by Crippen LogP contribution is 2.14. The summed E-state index contributed by atoms with van der Waals surface area (Å²) in [5, 5.41) is 0. The van der Waals surface area contributed by atoms with E-state index in [1.54, 1.807) is 0 Å². The quantitative estimate of drug-likeness (QED) is 0.677. The summed E-state index contributed by atoms with van der Waals surface area (Å²) in [5.74, 6) is 0.660. The Morgan fingerprint density at radius 3 is 2.36 bits per heavy atom. The van der Waals surface area contributed by atoms with Crippen molar-refractivity contribution < 1.29 is 4.74 Å². The van der Waals surface area contributed by atoms with Gasteiger partial charge in [0.2, 0.25) is 0 Å². The summed E-state index contributed by atoms with van der Waals surface area (Å²) in [6, 6.07) is 0. The fraction of sp³-hybridized carbons (Fsp3) is 1.00. The van der Waals surface area contributed by atoms with Crippen molar-refractivity contribution in [2.75, 3.05) is 33.4 Å². The molecule has 0 saturated heterocycles. The monoisotopic (exact) mass is 202 g/mol. The van der Waals surface area contributed by atoms with Crippen molar-refractivity contribution in [2.24, 2.45) is 11.7 Å². The van der Waals surface area contributed by atoms with E-state index < -0.39 is 0 Å². The normalized spacial score (nSPS) is 16.3. The maximum Gasteiger partial charge on any atom is 0.0659 e. The molecule has 0 amide bonds. The highest BCUT2D eigenvalue weighted by Gasteiger charge is 2.28. The average Bonchev–Trinajstić information content (AvgIpc) is 2.13. The summed E-state index contributed by atoms with van der Waals surface area (Å²) < 4.78 is 5.47. The van der Waals surface area contributed by atoms with Gasteiger partial charge in [-0.1, -0.05) is 13.8 Å². The van der Waals surface area contributed by atoms with Crippen LogP contribution in [0.5, 0.6) is 0 Å². The molecule has 1 unspecified atom stereocenters. The van der Waals surface area contributed by atoms with Gasteiger partial charge >= 0.3 is 0 Å². The van der Waals surface area contributed by atoms with Crippen molar-refractivity contribution in [3.63, 3.8) is 0 Å². The molecule has 14 heavy (non-hydrogen) atoms. The Bertz CT molecular complexity index is 150. The SMILES string of the molecule is CCOCC(C)(CN)N(C)CC(C)C. The van der Waals surface area contributed by atoms with Crippen LogP contribution >= 0.6 is 0 Å². The number of nitrogens with two attached hydrogens (primary N) is 1. The lowest BCUT2D eigenvalue weighted by Gasteiger charge is -2.38. The van der Waals surface area contributed by atoms with Crippen LogP contribution in [0.4, 0.5) is 0 Å². The van der Waals surface area contributed by atoms with Crippen LogP contribution in [0.2, 0.25) is 0 Å². The van der Waals surface area contributed by atoms with Gasteiger partial charge in [-0.25, -0.2) is 0 Å². The van der Waals surface area contributed by atoms with Gasteiger partial charge in [0.25, 0.3) is 0 Å². The van der Waals surface area contributed by atoms with Crippen LogP contribution in [0.15, 0.2) is 0 Å². The van der Waals surface area contributed by atoms with Crippen LogP contribution in [-0.2, 0) is 4.74 Å². The molecule has 86 valence electrons. The molecule has 0 aliphatic rings. The van der Waals surface area contributed by atoms with Gasteiger partial charge in [-0.15, -0.1) is 0 Å². The molecule has 0 fully saturated rings. The van der Waals surface area contributed by atoms with E-state index in [0.29, 0.717) is 19.1 Å². The minimum absolute atomic E-state index is 0.0275. The van der Waals surface area contributed by atoms with E-state index in [0.717, 1.165) is 13.2 Å². The molecule has 0 aromatic heterocycles. The Kier molecular flexibility index (Phi) is 6.33. The molecule has 0 rings (SSSR count). The van der Waals surface area contributed by atoms with Crippen LogP contribution < -0.4 is 5.73 Å². The maximum atomic E-state index is 5.80. The van der Waals surface area contributed by atoms with Crippen molar-refractivity contribution >= 4 is 0 Å². The molecule has 0 spiro atoms. The number of rotatable bonds is 7. The molecule has 0 radical (unpaired) electrons. The molecule has 0 aliphatic carbocycles. The van der Waals surface area contributed by atoms with Gasteiger partial charge in [0.05, 0.1) is 12.1 Å². The van der Waals surface area contributed by atoms with Crippen LogP contribution in [0, 0.1) is 5.92 Å². The second-order valence-electron chi connectivity index (χ2n) is 4.61. The lowest BCUT2D eigenvalue weighted by Crippen LogP contribution is -2.54. The largest absolute Gasteiger partial charge is 0.380 e. The Labute approximate surface area is 88.6 Å². The fourth-order valence-electron chi connectivity index (χ4n) is 1.42. The minimum Gasteiger partial charge on any atom is -0.380 e. The first kappa shape index (κ1) is 13.9. The topological polar surface area (TPSA) is 38.5 Å². The number of likely N-dealkylation sites (N-methyl/N-ethyl adjacent to an activating group) is 1. The van der Waals surface area contributed by atoms with Gasteiger partial charge < -0.3 is 10.5 Å². The van der Waals surface area contributed by atoms with E-state index in [4.69, 9.17) is 10.5 Å². The fourth-order valence-corrected chi connectivity index (χ4v) is 1.42. The second-order valence-corrected chi connectivity index (χ2v) is 4.61. The highest BCUT2D eigenvalue weighted by molar-refractivity contribution is 4.85. The Hall–Kier alpha value is -0.120. The first-order valence-electron chi connectivity index (χ1n) is 5.45. The van der Waals surface area contributed by atoms with Crippen LogP contribution in [-0.4, -0.2) is 43.8 Å². The predicted molar refractivity (Wildman–Crippen MR) is 61.4 cm³/mol. The van der Waals surface area contributed by atoms with E-state index in [1.165, 1.54) is 0 Å². The molecule has 1 atom stereocenters. The number of ether oxygens (including phenoxy) is 1. The zero-order chi connectivity index (χ0) is 11.2. The van der Waals surface area contributed by atoms with Crippen molar-refractivity contribution in [2.45, 2.75) is 33.2 Å². The molecule has 0 aromatic rings. The third-order valence-electron chi connectivity index (χ3n) is 2.62. The van der Waals surface area contributed by atoms with Gasteiger partial charge in [-0.05, 0) is 26.8 Å². The molecule has 3 heteroatoms. The molecule has 0 saturated carbocycles. The van der Waals surface area contributed by atoms with Crippen molar-refractivity contribution in [3.8, 4) is 0 Å². The molecule has 3 nitrogen and oxygen atoms in total. The second kappa shape index (κ2) is 6.38. The van der Waals surface area contributed by atoms with Crippen LogP contribution in [0.3, 0.4) is 0 Å². The third-order valence-corrected chi connectivity index (χ3v) is 2.62. The summed E-state index contributed by atoms with van der Waals surface area (Å²) in [6.45, 7) is 11.8. The summed E-state index contributed by atoms with van der Waals surface area (Å²) in [4.78, 5) is 2.30.